The number of carbonyl (C=O) groups excluding carboxylic acids is 2. The van der Waals surface area contributed by atoms with Crippen molar-refractivity contribution in [1.29, 1.82) is 0 Å². The molecule has 0 aliphatic carbocycles. The van der Waals surface area contributed by atoms with E-state index in [-0.39, 0.29) is 11.4 Å². The van der Waals surface area contributed by atoms with Crippen LogP contribution in [0.4, 0.5) is 10.5 Å². The molecule has 0 saturated carbocycles. The minimum atomic E-state index is -0.467. The normalized spacial score (nSPS) is 15.3. The molecule has 0 unspecified atom stereocenters. The number of hydrogen-bond donors (Lipinski definition) is 2. The Labute approximate surface area is 132 Å². The Morgan fingerprint density at radius 2 is 1.68 bits per heavy atom. The fraction of sp³-hybridized carbons (Fsp3) is 0.529. The van der Waals surface area contributed by atoms with Crippen LogP contribution in [-0.4, -0.2) is 30.6 Å². The first kappa shape index (κ1) is 16.3. The van der Waals surface area contributed by atoms with Crippen molar-refractivity contribution in [2.45, 2.75) is 45.6 Å². The molecule has 1 fully saturated rings. The largest absolute Gasteiger partial charge is 0.371 e. The van der Waals surface area contributed by atoms with Crippen molar-refractivity contribution in [2.75, 3.05) is 18.0 Å². The molecule has 0 spiro atoms. The smallest absolute Gasteiger partial charge is 0.322 e. The number of carbonyl (C=O) groups is 2. The molecule has 5 nitrogen and oxygen atoms in total. The van der Waals surface area contributed by atoms with Gasteiger partial charge in [0.15, 0.2) is 0 Å². The van der Waals surface area contributed by atoms with Gasteiger partial charge >= 0.3 is 6.03 Å². The summed E-state index contributed by atoms with van der Waals surface area (Å²) in [5.74, 6) is -0.358. The minimum Gasteiger partial charge on any atom is -0.371 e. The molecule has 0 atom stereocenters. The Morgan fingerprint density at radius 3 is 2.32 bits per heavy atom. The molecule has 0 bridgehead atoms. The summed E-state index contributed by atoms with van der Waals surface area (Å²) in [6, 6.07) is 7.00. The van der Waals surface area contributed by atoms with Crippen molar-refractivity contribution in [3.63, 3.8) is 0 Å². The van der Waals surface area contributed by atoms with Gasteiger partial charge < -0.3 is 10.2 Å². The van der Waals surface area contributed by atoms with Crippen LogP contribution in [0.3, 0.4) is 0 Å². The lowest BCUT2D eigenvalue weighted by Gasteiger charge is -2.30. The standard InChI is InChI=1S/C17H25N3O2/c1-17(2,3)19-16(22)18-15(21)13-9-5-6-10-14(13)20-11-7-4-8-12-20/h5-6,9-10H,4,7-8,11-12H2,1-3H3,(H2,18,19,21,22). The highest BCUT2D eigenvalue weighted by molar-refractivity contribution is 6.07. The number of imide groups is 1. The number of para-hydroxylation sites is 1. The Morgan fingerprint density at radius 1 is 1.05 bits per heavy atom. The lowest BCUT2D eigenvalue weighted by Crippen LogP contribution is -2.48. The van der Waals surface area contributed by atoms with Crippen molar-refractivity contribution < 1.29 is 9.59 Å². The maximum absolute atomic E-state index is 12.4. The van der Waals surface area contributed by atoms with Gasteiger partial charge in [-0.2, -0.15) is 0 Å². The summed E-state index contributed by atoms with van der Waals surface area (Å²) in [6.45, 7) is 7.53. The number of nitrogens with one attached hydrogen (secondary N) is 2. The Balaban J connectivity index is 2.11. The number of benzene rings is 1. The molecule has 5 heteroatoms. The third kappa shape index (κ3) is 4.48. The summed E-state index contributed by atoms with van der Waals surface area (Å²) in [4.78, 5) is 26.5. The molecule has 120 valence electrons. The second-order valence-electron chi connectivity index (χ2n) is 6.72. The van der Waals surface area contributed by atoms with E-state index >= 15 is 0 Å². The predicted octanol–water partition coefficient (Wildman–Crippen LogP) is 2.91. The molecule has 1 aromatic carbocycles. The lowest BCUT2D eigenvalue weighted by molar-refractivity contribution is 0.0963. The minimum absolute atomic E-state index is 0.358. The summed E-state index contributed by atoms with van der Waals surface area (Å²) in [5.41, 5.74) is 1.08. The van der Waals surface area contributed by atoms with Crippen LogP contribution < -0.4 is 15.5 Å². The Kier molecular flexibility index (Phi) is 5.06. The van der Waals surface area contributed by atoms with Gasteiger partial charge in [-0.15, -0.1) is 0 Å². The molecule has 1 aromatic rings. The summed E-state index contributed by atoms with van der Waals surface area (Å²) in [7, 11) is 0. The first-order chi connectivity index (χ1) is 10.4. The molecule has 0 aromatic heterocycles. The molecule has 1 aliphatic rings. The fourth-order valence-electron chi connectivity index (χ4n) is 2.62. The average molecular weight is 303 g/mol. The number of anilines is 1. The number of amides is 3. The summed E-state index contributed by atoms with van der Waals surface area (Å²) in [6.07, 6.45) is 3.51. The molecule has 1 saturated heterocycles. The van der Waals surface area contributed by atoms with E-state index in [1.165, 1.54) is 6.42 Å². The number of nitrogens with zero attached hydrogens (tertiary/aromatic N) is 1. The Bertz CT molecular complexity index is 543. The van der Waals surface area contributed by atoms with Crippen LogP contribution in [-0.2, 0) is 0 Å². The van der Waals surface area contributed by atoms with Crippen LogP contribution in [0.15, 0.2) is 24.3 Å². The lowest BCUT2D eigenvalue weighted by atomic mass is 10.1. The van der Waals surface area contributed by atoms with Crippen molar-refractivity contribution in [2.24, 2.45) is 0 Å². The number of urea groups is 1. The number of piperidine rings is 1. The van der Waals surface area contributed by atoms with E-state index in [0.717, 1.165) is 31.6 Å². The number of rotatable bonds is 2. The Hall–Kier alpha value is -2.04. The third-order valence-corrected chi connectivity index (χ3v) is 3.56. The molecule has 1 aliphatic heterocycles. The molecule has 22 heavy (non-hydrogen) atoms. The summed E-state index contributed by atoms with van der Waals surface area (Å²) >= 11 is 0. The second kappa shape index (κ2) is 6.81. The van der Waals surface area contributed by atoms with Crippen molar-refractivity contribution in [3.05, 3.63) is 29.8 Å². The monoisotopic (exact) mass is 303 g/mol. The van der Waals surface area contributed by atoms with Gasteiger partial charge in [0, 0.05) is 24.3 Å². The zero-order valence-corrected chi connectivity index (χ0v) is 13.6. The van der Waals surface area contributed by atoms with Gasteiger partial charge in [-0.1, -0.05) is 12.1 Å². The van der Waals surface area contributed by atoms with Gasteiger partial charge in [0.05, 0.1) is 5.56 Å². The van der Waals surface area contributed by atoms with Gasteiger partial charge in [0.25, 0.3) is 5.91 Å². The maximum atomic E-state index is 12.4. The number of hydrogen-bond acceptors (Lipinski definition) is 3. The van der Waals surface area contributed by atoms with Crippen molar-refractivity contribution in [3.8, 4) is 0 Å². The molecule has 2 N–H and O–H groups in total. The van der Waals surface area contributed by atoms with Crippen LogP contribution in [0.1, 0.15) is 50.4 Å². The van der Waals surface area contributed by atoms with E-state index in [9.17, 15) is 9.59 Å². The van der Waals surface area contributed by atoms with Gasteiger partial charge in [-0.25, -0.2) is 4.79 Å². The second-order valence-corrected chi connectivity index (χ2v) is 6.72. The van der Waals surface area contributed by atoms with Crippen LogP contribution in [0.5, 0.6) is 0 Å². The van der Waals surface area contributed by atoms with E-state index in [4.69, 9.17) is 0 Å². The van der Waals surface area contributed by atoms with Gasteiger partial charge in [-0.05, 0) is 52.2 Å². The molecule has 2 rings (SSSR count). The van der Waals surface area contributed by atoms with Gasteiger partial charge in [-0.3, -0.25) is 10.1 Å². The third-order valence-electron chi connectivity index (χ3n) is 3.56. The molecular formula is C17H25N3O2. The highest BCUT2D eigenvalue weighted by Crippen LogP contribution is 2.24. The summed E-state index contributed by atoms with van der Waals surface area (Å²) < 4.78 is 0. The van der Waals surface area contributed by atoms with E-state index in [0.29, 0.717) is 5.56 Å². The maximum Gasteiger partial charge on any atom is 0.322 e. The SMILES string of the molecule is CC(C)(C)NC(=O)NC(=O)c1ccccc1N1CCCCC1. The zero-order valence-electron chi connectivity index (χ0n) is 13.6. The quantitative estimate of drug-likeness (QED) is 0.883. The van der Waals surface area contributed by atoms with Crippen molar-refractivity contribution >= 4 is 17.6 Å². The van der Waals surface area contributed by atoms with E-state index < -0.39 is 6.03 Å². The summed E-state index contributed by atoms with van der Waals surface area (Å²) in [5, 5.41) is 5.15. The van der Waals surface area contributed by atoms with Crippen LogP contribution in [0.25, 0.3) is 0 Å². The zero-order chi connectivity index (χ0) is 16.2. The molecule has 1 heterocycles. The van der Waals surface area contributed by atoms with Crippen LogP contribution in [0, 0.1) is 0 Å². The van der Waals surface area contributed by atoms with Crippen LogP contribution >= 0.6 is 0 Å². The van der Waals surface area contributed by atoms with E-state index in [2.05, 4.69) is 15.5 Å². The van der Waals surface area contributed by atoms with E-state index in [1.807, 2.05) is 39.0 Å². The van der Waals surface area contributed by atoms with Gasteiger partial charge in [0.1, 0.15) is 0 Å². The van der Waals surface area contributed by atoms with Crippen LogP contribution in [0.2, 0.25) is 0 Å². The van der Waals surface area contributed by atoms with Crippen molar-refractivity contribution in [1.82, 2.24) is 10.6 Å². The molecule has 3 amide bonds. The highest BCUT2D eigenvalue weighted by atomic mass is 16.2. The first-order valence-electron chi connectivity index (χ1n) is 7.84. The molecular weight excluding hydrogens is 278 g/mol. The average Bonchev–Trinajstić information content (AvgIpc) is 2.46. The predicted molar refractivity (Wildman–Crippen MR) is 88.3 cm³/mol. The topological polar surface area (TPSA) is 61.4 Å². The fourth-order valence-corrected chi connectivity index (χ4v) is 2.62. The molecule has 0 radical (unpaired) electrons. The highest BCUT2D eigenvalue weighted by Gasteiger charge is 2.21. The first-order valence-corrected chi connectivity index (χ1v) is 7.84. The van der Waals surface area contributed by atoms with Gasteiger partial charge in [0.2, 0.25) is 0 Å². The van der Waals surface area contributed by atoms with E-state index in [1.54, 1.807) is 6.07 Å².